The zero-order valence-corrected chi connectivity index (χ0v) is 18.1. The maximum atomic E-state index is 13.0. The molecule has 0 N–H and O–H groups in total. The maximum Gasteiger partial charge on any atom is 0.246 e. The van der Waals surface area contributed by atoms with E-state index in [0.717, 1.165) is 25.8 Å². The van der Waals surface area contributed by atoms with Crippen molar-refractivity contribution >= 4 is 15.9 Å². The van der Waals surface area contributed by atoms with E-state index in [0.29, 0.717) is 45.9 Å². The third-order valence-electron chi connectivity index (χ3n) is 6.71. The molecular formula is C19H31N5O4S. The van der Waals surface area contributed by atoms with E-state index in [1.807, 2.05) is 18.9 Å². The minimum Gasteiger partial charge on any atom is -0.378 e. The van der Waals surface area contributed by atoms with Crippen molar-refractivity contribution in [1.29, 1.82) is 0 Å². The number of likely N-dealkylation sites (tertiary alicyclic amines) is 1. The van der Waals surface area contributed by atoms with Crippen LogP contribution in [-0.4, -0.2) is 97.2 Å². The average Bonchev–Trinajstić information content (AvgIpc) is 3.34. The standard InChI is InChI=1S/C19H31N5O4S/c1-3-23-14-16(13-20-23)29(26,27)24-6-4-19(5-7-24)12-17(21(2)15-19)18(25)22-8-10-28-11-9-22/h13-14,17H,3-12,15H2,1-2H3. The molecule has 9 nitrogen and oxygen atoms in total. The smallest absolute Gasteiger partial charge is 0.246 e. The molecule has 3 fully saturated rings. The summed E-state index contributed by atoms with van der Waals surface area (Å²) in [4.78, 5) is 17.3. The summed E-state index contributed by atoms with van der Waals surface area (Å²) in [5.74, 6) is 0.190. The van der Waals surface area contributed by atoms with Gasteiger partial charge in [-0.05, 0) is 38.6 Å². The van der Waals surface area contributed by atoms with Crippen molar-refractivity contribution in [1.82, 2.24) is 23.9 Å². The second-order valence-electron chi connectivity index (χ2n) is 8.51. The summed E-state index contributed by atoms with van der Waals surface area (Å²) in [6.45, 7) is 6.93. The summed E-state index contributed by atoms with van der Waals surface area (Å²) < 4.78 is 34.5. The summed E-state index contributed by atoms with van der Waals surface area (Å²) >= 11 is 0. The number of morpholine rings is 1. The van der Waals surface area contributed by atoms with E-state index in [1.165, 1.54) is 6.20 Å². The van der Waals surface area contributed by atoms with Gasteiger partial charge in [-0.15, -0.1) is 0 Å². The van der Waals surface area contributed by atoms with E-state index in [9.17, 15) is 13.2 Å². The predicted octanol–water partition coefficient (Wildman–Crippen LogP) is 0.237. The summed E-state index contributed by atoms with van der Waals surface area (Å²) in [5, 5.41) is 4.10. The van der Waals surface area contributed by atoms with Crippen molar-refractivity contribution in [3.8, 4) is 0 Å². The average molecular weight is 426 g/mol. The van der Waals surface area contributed by atoms with Crippen molar-refractivity contribution in [2.75, 3.05) is 53.0 Å². The molecule has 3 aliphatic rings. The highest BCUT2D eigenvalue weighted by Gasteiger charge is 2.48. The Hall–Kier alpha value is -1.49. The Kier molecular flexibility index (Phi) is 5.71. The molecule has 0 aromatic carbocycles. The Labute approximate surface area is 172 Å². The number of carbonyl (C=O) groups is 1. The zero-order valence-electron chi connectivity index (χ0n) is 17.3. The minimum absolute atomic E-state index is 0.0149. The molecule has 3 aliphatic heterocycles. The van der Waals surface area contributed by atoms with Gasteiger partial charge in [0.15, 0.2) is 0 Å². The molecule has 1 aromatic rings. The van der Waals surface area contributed by atoms with Gasteiger partial charge in [-0.25, -0.2) is 8.42 Å². The molecule has 1 amide bonds. The number of hydrogen-bond acceptors (Lipinski definition) is 6. The van der Waals surface area contributed by atoms with Gasteiger partial charge in [0.2, 0.25) is 15.9 Å². The third-order valence-corrected chi connectivity index (χ3v) is 8.56. The van der Waals surface area contributed by atoms with Gasteiger partial charge >= 0.3 is 0 Å². The number of ether oxygens (including phenoxy) is 1. The lowest BCUT2D eigenvalue weighted by atomic mass is 9.77. The quantitative estimate of drug-likeness (QED) is 0.687. The van der Waals surface area contributed by atoms with E-state index in [1.54, 1.807) is 15.2 Å². The Morgan fingerprint density at radius 2 is 1.93 bits per heavy atom. The minimum atomic E-state index is -3.51. The van der Waals surface area contributed by atoms with Gasteiger partial charge in [-0.1, -0.05) is 0 Å². The van der Waals surface area contributed by atoms with Gasteiger partial charge in [0, 0.05) is 45.5 Å². The third kappa shape index (κ3) is 3.95. The first kappa shape index (κ1) is 20.8. The monoisotopic (exact) mass is 425 g/mol. The lowest BCUT2D eigenvalue weighted by Gasteiger charge is -2.38. The van der Waals surface area contributed by atoms with Gasteiger partial charge in [-0.2, -0.15) is 9.40 Å². The summed E-state index contributed by atoms with van der Waals surface area (Å²) in [5.41, 5.74) is 0.0149. The number of sulfonamides is 1. The van der Waals surface area contributed by atoms with Crippen LogP contribution in [0.3, 0.4) is 0 Å². The second-order valence-corrected chi connectivity index (χ2v) is 10.4. The highest BCUT2D eigenvalue weighted by atomic mass is 32.2. The summed E-state index contributed by atoms with van der Waals surface area (Å²) in [6, 6.07) is -0.112. The number of amides is 1. The van der Waals surface area contributed by atoms with Crippen molar-refractivity contribution in [3.63, 3.8) is 0 Å². The van der Waals surface area contributed by atoms with Gasteiger partial charge in [0.05, 0.1) is 25.5 Å². The van der Waals surface area contributed by atoms with Gasteiger partial charge in [0.25, 0.3) is 0 Å². The molecule has 4 heterocycles. The Morgan fingerprint density at radius 3 is 2.55 bits per heavy atom. The molecule has 4 rings (SSSR count). The lowest BCUT2D eigenvalue weighted by Crippen LogP contribution is -2.48. The molecule has 0 radical (unpaired) electrons. The SMILES string of the molecule is CCn1cc(S(=O)(=O)N2CCC3(CC2)CC(C(=O)N2CCOCC2)N(C)C3)cn1. The lowest BCUT2D eigenvalue weighted by molar-refractivity contribution is -0.139. The highest BCUT2D eigenvalue weighted by Crippen LogP contribution is 2.44. The van der Waals surface area contributed by atoms with Gasteiger partial charge < -0.3 is 9.64 Å². The number of piperidine rings is 1. The molecule has 1 unspecified atom stereocenters. The Balaban J connectivity index is 1.40. The van der Waals surface area contributed by atoms with Crippen molar-refractivity contribution in [3.05, 3.63) is 12.4 Å². The molecule has 1 aromatic heterocycles. The van der Waals surface area contributed by atoms with Crippen LogP contribution in [0.2, 0.25) is 0 Å². The number of aryl methyl sites for hydroxylation is 1. The molecule has 0 saturated carbocycles. The van der Waals surface area contributed by atoms with E-state index in [2.05, 4.69) is 10.00 Å². The van der Waals surface area contributed by atoms with Crippen molar-refractivity contribution in [2.24, 2.45) is 5.41 Å². The van der Waals surface area contributed by atoms with Crippen LogP contribution in [0.25, 0.3) is 0 Å². The normalized spacial score (nSPS) is 26.3. The molecule has 0 bridgehead atoms. The van der Waals surface area contributed by atoms with E-state index < -0.39 is 10.0 Å². The van der Waals surface area contributed by atoms with Crippen LogP contribution in [0, 0.1) is 5.41 Å². The first-order valence-corrected chi connectivity index (χ1v) is 11.9. The van der Waals surface area contributed by atoms with Crippen molar-refractivity contribution in [2.45, 2.75) is 43.7 Å². The number of aromatic nitrogens is 2. The molecule has 1 atom stereocenters. The number of nitrogens with zero attached hydrogens (tertiary/aromatic N) is 5. The fourth-order valence-electron chi connectivity index (χ4n) is 4.90. The maximum absolute atomic E-state index is 13.0. The molecule has 29 heavy (non-hydrogen) atoms. The molecule has 3 saturated heterocycles. The number of carbonyl (C=O) groups excluding carboxylic acids is 1. The fourth-order valence-corrected chi connectivity index (χ4v) is 6.30. The summed E-state index contributed by atoms with van der Waals surface area (Å²) in [6.07, 6.45) is 5.40. The van der Waals surface area contributed by atoms with Crippen LogP contribution >= 0.6 is 0 Å². The fraction of sp³-hybridized carbons (Fsp3) is 0.789. The Bertz CT molecular complexity index is 841. The van der Waals surface area contributed by atoms with Gasteiger partial charge in [0.1, 0.15) is 4.90 Å². The van der Waals surface area contributed by atoms with Crippen LogP contribution in [-0.2, 0) is 26.1 Å². The summed E-state index contributed by atoms with van der Waals surface area (Å²) in [7, 11) is -1.50. The number of rotatable bonds is 4. The molecule has 162 valence electrons. The first-order valence-electron chi connectivity index (χ1n) is 10.4. The Morgan fingerprint density at radius 1 is 1.24 bits per heavy atom. The zero-order chi connectivity index (χ0) is 20.6. The van der Waals surface area contributed by atoms with E-state index in [-0.39, 0.29) is 22.3 Å². The molecule has 1 spiro atoms. The van der Waals surface area contributed by atoms with Gasteiger partial charge in [-0.3, -0.25) is 14.4 Å². The van der Waals surface area contributed by atoms with Crippen LogP contribution in [0.4, 0.5) is 0 Å². The molecule has 10 heteroatoms. The largest absolute Gasteiger partial charge is 0.378 e. The number of likely N-dealkylation sites (N-methyl/N-ethyl adjacent to an activating group) is 1. The van der Waals surface area contributed by atoms with Crippen LogP contribution < -0.4 is 0 Å². The number of hydrogen-bond donors (Lipinski definition) is 0. The molecule has 0 aliphatic carbocycles. The topological polar surface area (TPSA) is 88.0 Å². The van der Waals surface area contributed by atoms with Crippen LogP contribution in [0.5, 0.6) is 0 Å². The van der Waals surface area contributed by atoms with Crippen LogP contribution in [0.15, 0.2) is 17.3 Å². The predicted molar refractivity (Wildman–Crippen MR) is 107 cm³/mol. The molecular weight excluding hydrogens is 394 g/mol. The highest BCUT2D eigenvalue weighted by molar-refractivity contribution is 7.89. The van der Waals surface area contributed by atoms with E-state index in [4.69, 9.17) is 4.74 Å². The first-order chi connectivity index (χ1) is 13.8. The van der Waals surface area contributed by atoms with Crippen molar-refractivity contribution < 1.29 is 17.9 Å². The van der Waals surface area contributed by atoms with Crippen LogP contribution in [0.1, 0.15) is 26.2 Å². The van der Waals surface area contributed by atoms with E-state index >= 15 is 0 Å². The second kappa shape index (κ2) is 7.98.